The molecule has 0 unspecified atom stereocenters. The summed E-state index contributed by atoms with van der Waals surface area (Å²) in [6.45, 7) is 1.70. The number of carbonyl (C=O) groups excluding carboxylic acids is 1. The first-order chi connectivity index (χ1) is 8.83. The van der Waals surface area contributed by atoms with Gasteiger partial charge < -0.3 is 10.2 Å². The van der Waals surface area contributed by atoms with Gasteiger partial charge in [-0.1, -0.05) is 24.3 Å². The van der Waals surface area contributed by atoms with Crippen LogP contribution < -0.4 is 10.2 Å². The Balaban J connectivity index is 2.03. The van der Waals surface area contributed by atoms with Crippen LogP contribution in [0.2, 0.25) is 0 Å². The first-order valence-electron chi connectivity index (χ1n) is 6.31. The van der Waals surface area contributed by atoms with Gasteiger partial charge in [-0.3, -0.25) is 4.79 Å². The van der Waals surface area contributed by atoms with E-state index in [-0.39, 0.29) is 5.91 Å². The van der Waals surface area contributed by atoms with Gasteiger partial charge >= 0.3 is 0 Å². The summed E-state index contributed by atoms with van der Waals surface area (Å²) < 4.78 is 0. The molecule has 0 fully saturated rings. The fourth-order valence-corrected chi connectivity index (χ4v) is 2.62. The van der Waals surface area contributed by atoms with Crippen molar-refractivity contribution in [3.8, 4) is 0 Å². The Morgan fingerprint density at radius 2 is 1.94 bits per heavy atom. The highest BCUT2D eigenvalue weighted by Crippen LogP contribution is 2.36. The van der Waals surface area contributed by atoms with Crippen molar-refractivity contribution in [1.29, 1.82) is 0 Å². The molecule has 1 aliphatic heterocycles. The van der Waals surface area contributed by atoms with E-state index >= 15 is 0 Å². The molecule has 0 aromatic heterocycles. The number of carbonyl (C=O) groups is 1. The predicted octanol–water partition coefficient (Wildman–Crippen LogP) is 2.41. The molecule has 3 heteroatoms. The first-order valence-corrected chi connectivity index (χ1v) is 6.31. The minimum absolute atomic E-state index is 0.137. The minimum atomic E-state index is 0.137. The third kappa shape index (κ3) is 1.59. The van der Waals surface area contributed by atoms with Crippen LogP contribution in [0.3, 0.4) is 0 Å². The first kappa shape index (κ1) is 11.2. The summed E-state index contributed by atoms with van der Waals surface area (Å²) in [7, 11) is 1.93. The normalized spacial score (nSPS) is 13.6. The fourth-order valence-electron chi connectivity index (χ4n) is 2.62. The van der Waals surface area contributed by atoms with E-state index < -0.39 is 0 Å². The molecule has 1 N–H and O–H groups in total. The van der Waals surface area contributed by atoms with Crippen LogP contribution in [0.15, 0.2) is 36.4 Å². The van der Waals surface area contributed by atoms with E-state index in [9.17, 15) is 4.79 Å². The van der Waals surface area contributed by atoms with Crippen molar-refractivity contribution >= 4 is 22.4 Å². The van der Waals surface area contributed by atoms with Crippen molar-refractivity contribution in [2.75, 3.05) is 25.0 Å². The number of hydrogen-bond acceptors (Lipinski definition) is 2. The number of benzene rings is 2. The largest absolute Gasteiger partial charge is 0.320 e. The van der Waals surface area contributed by atoms with E-state index in [1.165, 1.54) is 0 Å². The van der Waals surface area contributed by atoms with Gasteiger partial charge in [0.15, 0.2) is 0 Å². The third-order valence-electron chi connectivity index (χ3n) is 3.46. The van der Waals surface area contributed by atoms with Crippen molar-refractivity contribution in [2.24, 2.45) is 0 Å². The van der Waals surface area contributed by atoms with Crippen molar-refractivity contribution in [3.05, 3.63) is 42.0 Å². The Labute approximate surface area is 106 Å². The molecular formula is C15H16N2O. The van der Waals surface area contributed by atoms with Crippen LogP contribution in [0.4, 0.5) is 5.69 Å². The van der Waals surface area contributed by atoms with Crippen LogP contribution in [0.1, 0.15) is 16.8 Å². The van der Waals surface area contributed by atoms with Crippen molar-refractivity contribution in [3.63, 3.8) is 0 Å². The van der Waals surface area contributed by atoms with Gasteiger partial charge in [0.05, 0.1) is 5.69 Å². The summed E-state index contributed by atoms with van der Waals surface area (Å²) in [5, 5.41) is 5.37. The lowest BCUT2D eigenvalue weighted by molar-refractivity contribution is 0.0993. The molecule has 0 saturated carbocycles. The standard InChI is InChI=1S/C15H16N2O/c1-16-9-4-10-17-13-8-3-6-11-5-2-7-12(14(11)13)15(17)18/h2-3,5-8,16H,4,9-10H2,1H3. The highest BCUT2D eigenvalue weighted by Gasteiger charge is 2.28. The van der Waals surface area contributed by atoms with E-state index in [4.69, 9.17) is 0 Å². The average molecular weight is 240 g/mol. The average Bonchev–Trinajstić information content (AvgIpc) is 2.67. The van der Waals surface area contributed by atoms with E-state index in [0.717, 1.165) is 41.5 Å². The van der Waals surface area contributed by atoms with Gasteiger partial charge in [0.2, 0.25) is 0 Å². The Kier molecular flexibility index (Phi) is 2.76. The maximum atomic E-state index is 12.4. The summed E-state index contributed by atoms with van der Waals surface area (Å²) in [5.74, 6) is 0.137. The molecule has 0 saturated heterocycles. The van der Waals surface area contributed by atoms with Gasteiger partial charge in [-0.15, -0.1) is 0 Å². The predicted molar refractivity (Wildman–Crippen MR) is 74.2 cm³/mol. The number of rotatable bonds is 4. The molecule has 0 aliphatic carbocycles. The van der Waals surface area contributed by atoms with Gasteiger partial charge in [-0.2, -0.15) is 0 Å². The molecule has 2 aromatic carbocycles. The molecule has 2 aromatic rings. The van der Waals surface area contributed by atoms with Crippen molar-refractivity contribution < 1.29 is 4.79 Å². The number of nitrogens with one attached hydrogen (secondary N) is 1. The SMILES string of the molecule is CNCCCN1C(=O)c2cccc3cccc1c23. The molecule has 0 bridgehead atoms. The van der Waals surface area contributed by atoms with Crippen LogP contribution in [-0.2, 0) is 0 Å². The quantitative estimate of drug-likeness (QED) is 0.832. The lowest BCUT2D eigenvalue weighted by Gasteiger charge is -2.17. The van der Waals surface area contributed by atoms with E-state index in [0.29, 0.717) is 0 Å². The second-order valence-corrected chi connectivity index (χ2v) is 4.59. The molecule has 18 heavy (non-hydrogen) atoms. The lowest BCUT2D eigenvalue weighted by Crippen LogP contribution is -2.29. The van der Waals surface area contributed by atoms with Gasteiger partial charge in [0, 0.05) is 17.5 Å². The summed E-state index contributed by atoms with van der Waals surface area (Å²) in [6, 6.07) is 12.1. The summed E-state index contributed by atoms with van der Waals surface area (Å²) in [5.41, 5.74) is 1.90. The highest BCUT2D eigenvalue weighted by molar-refractivity contribution is 6.24. The molecule has 0 radical (unpaired) electrons. The van der Waals surface area contributed by atoms with Crippen LogP contribution in [-0.4, -0.2) is 26.0 Å². The molecular weight excluding hydrogens is 224 g/mol. The lowest BCUT2D eigenvalue weighted by atomic mass is 10.1. The van der Waals surface area contributed by atoms with Crippen LogP contribution in [0.5, 0.6) is 0 Å². The van der Waals surface area contributed by atoms with Gasteiger partial charge in [0.1, 0.15) is 0 Å². The topological polar surface area (TPSA) is 32.3 Å². The molecule has 3 rings (SSSR count). The highest BCUT2D eigenvalue weighted by atomic mass is 16.2. The monoisotopic (exact) mass is 240 g/mol. The Morgan fingerprint density at radius 1 is 1.17 bits per heavy atom. The Morgan fingerprint density at radius 3 is 2.72 bits per heavy atom. The maximum absolute atomic E-state index is 12.4. The van der Waals surface area contributed by atoms with Crippen molar-refractivity contribution in [2.45, 2.75) is 6.42 Å². The van der Waals surface area contributed by atoms with Crippen molar-refractivity contribution in [1.82, 2.24) is 5.32 Å². The molecule has 1 heterocycles. The van der Waals surface area contributed by atoms with Gasteiger partial charge in [-0.05, 0) is 37.5 Å². The van der Waals surface area contributed by atoms with Crippen LogP contribution in [0.25, 0.3) is 10.8 Å². The van der Waals surface area contributed by atoms with E-state index in [1.54, 1.807) is 0 Å². The van der Waals surface area contributed by atoms with Gasteiger partial charge in [-0.25, -0.2) is 0 Å². The summed E-state index contributed by atoms with van der Waals surface area (Å²) >= 11 is 0. The second-order valence-electron chi connectivity index (χ2n) is 4.59. The number of anilines is 1. The summed E-state index contributed by atoms with van der Waals surface area (Å²) in [4.78, 5) is 14.3. The van der Waals surface area contributed by atoms with E-state index in [2.05, 4.69) is 17.4 Å². The number of nitrogens with zero attached hydrogens (tertiary/aromatic N) is 1. The van der Waals surface area contributed by atoms with Crippen LogP contribution in [0, 0.1) is 0 Å². The second kappa shape index (κ2) is 4.42. The van der Waals surface area contributed by atoms with Gasteiger partial charge in [0.25, 0.3) is 5.91 Å². The smallest absolute Gasteiger partial charge is 0.258 e. The third-order valence-corrected chi connectivity index (χ3v) is 3.46. The number of amides is 1. The maximum Gasteiger partial charge on any atom is 0.258 e. The molecule has 92 valence electrons. The molecule has 1 amide bonds. The zero-order valence-corrected chi connectivity index (χ0v) is 10.4. The zero-order valence-electron chi connectivity index (χ0n) is 10.4. The Bertz CT molecular complexity index is 601. The fraction of sp³-hybridized carbons (Fsp3) is 0.267. The molecule has 0 atom stereocenters. The molecule has 1 aliphatic rings. The van der Waals surface area contributed by atoms with Crippen LogP contribution >= 0.6 is 0 Å². The summed E-state index contributed by atoms with van der Waals surface area (Å²) in [6.07, 6.45) is 0.965. The number of hydrogen-bond donors (Lipinski definition) is 1. The molecule has 0 spiro atoms. The Hall–Kier alpha value is -1.87. The minimum Gasteiger partial charge on any atom is -0.320 e. The van der Waals surface area contributed by atoms with E-state index in [1.807, 2.05) is 36.2 Å². The zero-order chi connectivity index (χ0) is 12.5. The molecule has 3 nitrogen and oxygen atoms in total.